The summed E-state index contributed by atoms with van der Waals surface area (Å²) in [4.78, 5) is 4.22. The van der Waals surface area contributed by atoms with Crippen molar-refractivity contribution in [3.63, 3.8) is 0 Å². The minimum absolute atomic E-state index is 0.428. The van der Waals surface area contributed by atoms with Crippen LogP contribution in [0.4, 0.5) is 0 Å². The van der Waals surface area contributed by atoms with Crippen LogP contribution in [0.3, 0.4) is 0 Å². The Morgan fingerprint density at radius 1 is 1.12 bits per heavy atom. The van der Waals surface area contributed by atoms with E-state index in [0.717, 1.165) is 17.7 Å². The van der Waals surface area contributed by atoms with E-state index in [4.69, 9.17) is 10.5 Å². The van der Waals surface area contributed by atoms with Gasteiger partial charge in [-0.15, -0.1) is 0 Å². The van der Waals surface area contributed by atoms with E-state index >= 15 is 0 Å². The molecular weight excluding hydrogens is 212 g/mol. The average Bonchev–Trinajstić information content (AvgIpc) is 2.40. The standard InChI is InChI=1S/C14H16N2O/c1-2-11-6-3-4-8-13(11)17-14-12(10-15)7-5-9-16-14/h3-9H,2,10,15H2,1H3. The van der Waals surface area contributed by atoms with Crippen molar-refractivity contribution in [3.8, 4) is 11.6 Å². The smallest absolute Gasteiger partial charge is 0.223 e. The van der Waals surface area contributed by atoms with Crippen molar-refractivity contribution in [3.05, 3.63) is 53.7 Å². The van der Waals surface area contributed by atoms with Crippen LogP contribution in [0.25, 0.3) is 0 Å². The highest BCUT2D eigenvalue weighted by atomic mass is 16.5. The molecule has 1 aromatic carbocycles. The maximum absolute atomic E-state index is 5.83. The van der Waals surface area contributed by atoms with Gasteiger partial charge in [-0.1, -0.05) is 31.2 Å². The van der Waals surface area contributed by atoms with Gasteiger partial charge in [0.15, 0.2) is 0 Å². The Kier molecular flexibility index (Phi) is 3.73. The molecule has 0 fully saturated rings. The minimum Gasteiger partial charge on any atom is -0.438 e. The summed E-state index contributed by atoms with van der Waals surface area (Å²) in [5, 5.41) is 0. The fourth-order valence-corrected chi connectivity index (χ4v) is 1.67. The first-order valence-corrected chi connectivity index (χ1v) is 5.75. The van der Waals surface area contributed by atoms with Crippen LogP contribution in [0.5, 0.6) is 11.6 Å². The minimum atomic E-state index is 0.428. The van der Waals surface area contributed by atoms with Crippen molar-refractivity contribution in [2.75, 3.05) is 0 Å². The van der Waals surface area contributed by atoms with Gasteiger partial charge in [-0.3, -0.25) is 0 Å². The number of hydrogen-bond donors (Lipinski definition) is 1. The molecule has 2 rings (SSSR count). The lowest BCUT2D eigenvalue weighted by atomic mass is 10.1. The van der Waals surface area contributed by atoms with Gasteiger partial charge in [-0.2, -0.15) is 0 Å². The maximum Gasteiger partial charge on any atom is 0.223 e. The molecule has 1 heterocycles. The van der Waals surface area contributed by atoms with Gasteiger partial charge in [0.2, 0.25) is 5.88 Å². The van der Waals surface area contributed by atoms with E-state index < -0.39 is 0 Å². The van der Waals surface area contributed by atoms with Crippen LogP contribution >= 0.6 is 0 Å². The summed E-state index contributed by atoms with van der Waals surface area (Å²) in [5.41, 5.74) is 7.74. The van der Waals surface area contributed by atoms with E-state index in [2.05, 4.69) is 18.0 Å². The van der Waals surface area contributed by atoms with Crippen molar-refractivity contribution in [2.45, 2.75) is 19.9 Å². The molecule has 1 aromatic heterocycles. The molecule has 3 nitrogen and oxygen atoms in total. The molecule has 0 bridgehead atoms. The van der Waals surface area contributed by atoms with Gasteiger partial charge >= 0.3 is 0 Å². The topological polar surface area (TPSA) is 48.1 Å². The third-order valence-corrected chi connectivity index (χ3v) is 2.63. The number of para-hydroxylation sites is 1. The molecule has 0 saturated carbocycles. The quantitative estimate of drug-likeness (QED) is 0.875. The molecule has 88 valence electrons. The number of ether oxygens (including phenoxy) is 1. The highest BCUT2D eigenvalue weighted by molar-refractivity contribution is 5.38. The lowest BCUT2D eigenvalue weighted by Crippen LogP contribution is -2.01. The van der Waals surface area contributed by atoms with E-state index in [-0.39, 0.29) is 0 Å². The van der Waals surface area contributed by atoms with Crippen molar-refractivity contribution in [1.29, 1.82) is 0 Å². The SMILES string of the molecule is CCc1ccccc1Oc1ncccc1CN. The van der Waals surface area contributed by atoms with Gasteiger partial charge < -0.3 is 10.5 Å². The van der Waals surface area contributed by atoms with Gasteiger partial charge in [0.05, 0.1) is 0 Å². The van der Waals surface area contributed by atoms with Crippen LogP contribution < -0.4 is 10.5 Å². The van der Waals surface area contributed by atoms with Gasteiger partial charge in [-0.25, -0.2) is 4.98 Å². The molecule has 0 radical (unpaired) electrons. The molecule has 0 aliphatic rings. The summed E-state index contributed by atoms with van der Waals surface area (Å²) in [6.07, 6.45) is 2.64. The van der Waals surface area contributed by atoms with Crippen LogP contribution in [0.15, 0.2) is 42.6 Å². The Hall–Kier alpha value is -1.87. The van der Waals surface area contributed by atoms with Gasteiger partial charge in [0, 0.05) is 18.3 Å². The average molecular weight is 228 g/mol. The van der Waals surface area contributed by atoms with Crippen LogP contribution in [0, 0.1) is 0 Å². The maximum atomic E-state index is 5.83. The second-order valence-electron chi connectivity index (χ2n) is 3.74. The summed E-state index contributed by atoms with van der Waals surface area (Å²) in [6, 6.07) is 11.8. The number of benzene rings is 1. The number of aromatic nitrogens is 1. The molecule has 2 aromatic rings. The van der Waals surface area contributed by atoms with Crippen molar-refractivity contribution >= 4 is 0 Å². The first-order chi connectivity index (χ1) is 8.35. The molecule has 2 N–H and O–H groups in total. The van der Waals surface area contributed by atoms with Crippen LogP contribution in [0.1, 0.15) is 18.1 Å². The van der Waals surface area contributed by atoms with Crippen molar-refractivity contribution in [2.24, 2.45) is 5.73 Å². The highest BCUT2D eigenvalue weighted by Crippen LogP contribution is 2.26. The Morgan fingerprint density at radius 3 is 2.65 bits per heavy atom. The lowest BCUT2D eigenvalue weighted by molar-refractivity contribution is 0.451. The third kappa shape index (κ3) is 2.63. The number of aryl methyl sites for hydroxylation is 1. The highest BCUT2D eigenvalue weighted by Gasteiger charge is 2.06. The second kappa shape index (κ2) is 5.46. The fraction of sp³-hybridized carbons (Fsp3) is 0.214. The summed E-state index contributed by atoms with van der Waals surface area (Å²) in [5.74, 6) is 1.44. The molecule has 3 heteroatoms. The van der Waals surface area contributed by atoms with Crippen LogP contribution in [-0.4, -0.2) is 4.98 Å². The second-order valence-corrected chi connectivity index (χ2v) is 3.74. The van der Waals surface area contributed by atoms with E-state index in [1.165, 1.54) is 5.56 Å². The number of pyridine rings is 1. The van der Waals surface area contributed by atoms with Crippen molar-refractivity contribution in [1.82, 2.24) is 4.98 Å². The molecule has 0 aliphatic carbocycles. The number of hydrogen-bond acceptors (Lipinski definition) is 3. The van der Waals surface area contributed by atoms with E-state index in [0.29, 0.717) is 12.4 Å². The molecule has 0 amide bonds. The molecule has 0 saturated heterocycles. The zero-order valence-corrected chi connectivity index (χ0v) is 9.89. The van der Waals surface area contributed by atoms with Gasteiger partial charge in [-0.05, 0) is 24.1 Å². The molecule has 17 heavy (non-hydrogen) atoms. The van der Waals surface area contributed by atoms with E-state index in [1.54, 1.807) is 6.20 Å². The predicted molar refractivity (Wildman–Crippen MR) is 68.0 cm³/mol. The molecule has 0 unspecified atom stereocenters. The zero-order chi connectivity index (χ0) is 12.1. The summed E-state index contributed by atoms with van der Waals surface area (Å²) in [6.45, 7) is 2.53. The van der Waals surface area contributed by atoms with Gasteiger partial charge in [0.1, 0.15) is 5.75 Å². The summed E-state index contributed by atoms with van der Waals surface area (Å²) in [7, 11) is 0. The van der Waals surface area contributed by atoms with Crippen molar-refractivity contribution < 1.29 is 4.74 Å². The van der Waals surface area contributed by atoms with Crippen LogP contribution in [-0.2, 0) is 13.0 Å². The fourth-order valence-electron chi connectivity index (χ4n) is 1.67. The lowest BCUT2D eigenvalue weighted by Gasteiger charge is -2.11. The third-order valence-electron chi connectivity index (χ3n) is 2.63. The largest absolute Gasteiger partial charge is 0.438 e. The molecule has 0 aliphatic heterocycles. The van der Waals surface area contributed by atoms with E-state index in [9.17, 15) is 0 Å². The molecular formula is C14H16N2O. The first-order valence-electron chi connectivity index (χ1n) is 5.75. The van der Waals surface area contributed by atoms with E-state index in [1.807, 2.05) is 30.3 Å². The zero-order valence-electron chi connectivity index (χ0n) is 9.89. The molecule has 0 spiro atoms. The normalized spacial score (nSPS) is 10.2. The van der Waals surface area contributed by atoms with Crippen LogP contribution in [0.2, 0.25) is 0 Å². The Bertz CT molecular complexity index is 452. The Balaban J connectivity index is 2.31. The predicted octanol–water partition coefficient (Wildman–Crippen LogP) is 2.89. The summed E-state index contributed by atoms with van der Waals surface area (Å²) < 4.78 is 5.83. The first kappa shape index (κ1) is 11.6. The number of nitrogens with zero attached hydrogens (tertiary/aromatic N) is 1. The number of nitrogens with two attached hydrogens (primary N) is 1. The Labute approximate surface area is 101 Å². The van der Waals surface area contributed by atoms with Gasteiger partial charge in [0.25, 0.3) is 0 Å². The number of rotatable bonds is 4. The Morgan fingerprint density at radius 2 is 1.88 bits per heavy atom. The monoisotopic (exact) mass is 228 g/mol. The molecule has 0 atom stereocenters. The summed E-state index contributed by atoms with van der Waals surface area (Å²) >= 11 is 0.